The van der Waals surface area contributed by atoms with E-state index in [0.29, 0.717) is 5.56 Å². The van der Waals surface area contributed by atoms with E-state index in [-0.39, 0.29) is 6.54 Å². The van der Waals surface area contributed by atoms with E-state index in [0.717, 1.165) is 11.1 Å². The van der Waals surface area contributed by atoms with Crippen molar-refractivity contribution in [2.24, 2.45) is 0 Å². The number of cyclic esters (lactones) is 1. The molecule has 2 atom stereocenters. The summed E-state index contributed by atoms with van der Waals surface area (Å²) in [5.74, 6) is 0. The largest absolute Gasteiger partial charge is 0.436 e. The van der Waals surface area contributed by atoms with Gasteiger partial charge in [-0.1, -0.05) is 91.0 Å². The fraction of sp³-hybridized carbons (Fsp3) is 0.136. The van der Waals surface area contributed by atoms with E-state index >= 15 is 0 Å². The summed E-state index contributed by atoms with van der Waals surface area (Å²) in [6.45, 7) is 0.258. The molecular formula is C22H19NO3. The van der Waals surface area contributed by atoms with Crippen molar-refractivity contribution in [3.63, 3.8) is 0 Å². The standard InChI is InChI=1S/C22H19NO3/c24-21-23(16-17-10-4-1-5-11-17)22(25,19-14-8-3-9-15-19)20(26-21)18-12-6-2-7-13-18/h1-15,20,25H,16H2. The fourth-order valence-electron chi connectivity index (χ4n) is 3.40. The second-order valence-electron chi connectivity index (χ2n) is 6.34. The van der Waals surface area contributed by atoms with E-state index < -0.39 is 17.9 Å². The van der Waals surface area contributed by atoms with Gasteiger partial charge < -0.3 is 9.84 Å². The highest BCUT2D eigenvalue weighted by molar-refractivity contribution is 5.72. The Morgan fingerprint density at radius 3 is 2.00 bits per heavy atom. The molecule has 3 aromatic carbocycles. The van der Waals surface area contributed by atoms with Gasteiger partial charge in [-0.15, -0.1) is 0 Å². The number of hydrogen-bond donors (Lipinski definition) is 1. The van der Waals surface area contributed by atoms with E-state index in [1.165, 1.54) is 4.90 Å². The Bertz CT molecular complexity index is 883. The molecule has 1 saturated heterocycles. The first-order chi connectivity index (χ1) is 12.7. The van der Waals surface area contributed by atoms with Crippen molar-refractivity contribution in [2.45, 2.75) is 18.4 Å². The first kappa shape index (κ1) is 16.4. The highest BCUT2D eigenvalue weighted by Gasteiger charge is 2.55. The minimum Gasteiger partial charge on any atom is -0.436 e. The summed E-state index contributed by atoms with van der Waals surface area (Å²) in [4.78, 5) is 14.1. The molecule has 0 spiro atoms. The van der Waals surface area contributed by atoms with Crippen molar-refractivity contribution in [1.29, 1.82) is 0 Å². The molecule has 0 aliphatic carbocycles. The molecule has 4 rings (SSSR count). The summed E-state index contributed by atoms with van der Waals surface area (Å²) < 4.78 is 5.64. The number of benzene rings is 3. The maximum absolute atomic E-state index is 12.7. The molecule has 0 radical (unpaired) electrons. The third-order valence-electron chi connectivity index (χ3n) is 4.70. The maximum atomic E-state index is 12.7. The Morgan fingerprint density at radius 2 is 1.38 bits per heavy atom. The Labute approximate surface area is 152 Å². The van der Waals surface area contributed by atoms with Gasteiger partial charge in [-0.05, 0) is 11.1 Å². The van der Waals surface area contributed by atoms with Gasteiger partial charge in [0.05, 0.1) is 6.54 Å². The predicted molar refractivity (Wildman–Crippen MR) is 98.0 cm³/mol. The van der Waals surface area contributed by atoms with Crippen molar-refractivity contribution in [3.05, 3.63) is 108 Å². The van der Waals surface area contributed by atoms with Gasteiger partial charge in [0.1, 0.15) is 0 Å². The van der Waals surface area contributed by atoms with E-state index in [1.54, 1.807) is 0 Å². The van der Waals surface area contributed by atoms with Crippen LogP contribution in [-0.4, -0.2) is 16.1 Å². The van der Waals surface area contributed by atoms with Gasteiger partial charge >= 0.3 is 6.09 Å². The zero-order valence-corrected chi connectivity index (χ0v) is 14.2. The number of carbonyl (C=O) groups excluding carboxylic acids is 1. The lowest BCUT2D eigenvalue weighted by Crippen LogP contribution is -2.45. The normalized spacial score (nSPS) is 22.3. The van der Waals surface area contributed by atoms with Crippen LogP contribution in [0.25, 0.3) is 0 Å². The van der Waals surface area contributed by atoms with Crippen LogP contribution in [0.4, 0.5) is 4.79 Å². The van der Waals surface area contributed by atoms with Crippen LogP contribution in [0.2, 0.25) is 0 Å². The lowest BCUT2D eigenvalue weighted by Gasteiger charge is -2.34. The van der Waals surface area contributed by atoms with Gasteiger partial charge in [-0.25, -0.2) is 4.79 Å². The summed E-state index contributed by atoms with van der Waals surface area (Å²) in [6, 6.07) is 28.1. The van der Waals surface area contributed by atoms with Gasteiger partial charge in [0.15, 0.2) is 6.10 Å². The first-order valence-corrected chi connectivity index (χ1v) is 8.54. The number of nitrogens with zero attached hydrogens (tertiary/aromatic N) is 1. The van der Waals surface area contributed by atoms with Crippen LogP contribution in [0.3, 0.4) is 0 Å². The van der Waals surface area contributed by atoms with Gasteiger partial charge in [-0.3, -0.25) is 4.90 Å². The molecule has 2 unspecified atom stereocenters. The van der Waals surface area contributed by atoms with E-state index in [4.69, 9.17) is 4.74 Å². The van der Waals surface area contributed by atoms with Crippen LogP contribution < -0.4 is 0 Å². The van der Waals surface area contributed by atoms with Crippen molar-refractivity contribution < 1.29 is 14.6 Å². The van der Waals surface area contributed by atoms with Gasteiger partial charge in [-0.2, -0.15) is 0 Å². The monoisotopic (exact) mass is 345 g/mol. The van der Waals surface area contributed by atoms with Gasteiger partial charge in [0, 0.05) is 5.56 Å². The molecule has 4 heteroatoms. The Hall–Kier alpha value is -3.11. The zero-order valence-electron chi connectivity index (χ0n) is 14.2. The van der Waals surface area contributed by atoms with Crippen molar-refractivity contribution in [3.8, 4) is 0 Å². The van der Waals surface area contributed by atoms with E-state index in [1.807, 2.05) is 91.0 Å². The highest BCUT2D eigenvalue weighted by atomic mass is 16.6. The SMILES string of the molecule is O=C1OC(c2ccccc2)C(O)(c2ccccc2)N1Cc1ccccc1. The van der Waals surface area contributed by atoms with Gasteiger partial charge in [0.25, 0.3) is 0 Å². The molecule has 0 aromatic heterocycles. The van der Waals surface area contributed by atoms with Crippen molar-refractivity contribution in [2.75, 3.05) is 0 Å². The van der Waals surface area contributed by atoms with Crippen LogP contribution in [0, 0.1) is 0 Å². The summed E-state index contributed by atoms with van der Waals surface area (Å²) in [7, 11) is 0. The minimum atomic E-state index is -1.59. The topological polar surface area (TPSA) is 49.8 Å². The summed E-state index contributed by atoms with van der Waals surface area (Å²) in [5, 5.41) is 11.7. The summed E-state index contributed by atoms with van der Waals surface area (Å²) >= 11 is 0. The molecule has 1 aliphatic heterocycles. The molecule has 1 amide bonds. The van der Waals surface area contributed by atoms with Crippen molar-refractivity contribution in [1.82, 2.24) is 4.90 Å². The molecule has 3 aromatic rings. The molecule has 4 nitrogen and oxygen atoms in total. The third-order valence-corrected chi connectivity index (χ3v) is 4.70. The molecule has 130 valence electrons. The van der Waals surface area contributed by atoms with E-state index in [9.17, 15) is 9.90 Å². The molecule has 0 saturated carbocycles. The minimum absolute atomic E-state index is 0.258. The number of amides is 1. The number of ether oxygens (including phenoxy) is 1. The molecule has 1 heterocycles. The number of carbonyl (C=O) groups is 1. The molecule has 1 fully saturated rings. The lowest BCUT2D eigenvalue weighted by atomic mass is 9.91. The van der Waals surface area contributed by atoms with Crippen LogP contribution in [-0.2, 0) is 17.0 Å². The Morgan fingerprint density at radius 1 is 0.846 bits per heavy atom. The zero-order chi connectivity index (χ0) is 18.0. The first-order valence-electron chi connectivity index (χ1n) is 8.54. The Balaban J connectivity index is 1.81. The maximum Gasteiger partial charge on any atom is 0.413 e. The van der Waals surface area contributed by atoms with Crippen molar-refractivity contribution >= 4 is 6.09 Å². The second-order valence-corrected chi connectivity index (χ2v) is 6.34. The summed E-state index contributed by atoms with van der Waals surface area (Å²) in [5.41, 5.74) is 0.709. The predicted octanol–water partition coefficient (Wildman–Crippen LogP) is 4.23. The average molecular weight is 345 g/mol. The summed E-state index contributed by atoms with van der Waals surface area (Å²) in [6.07, 6.45) is -1.34. The number of hydrogen-bond acceptors (Lipinski definition) is 3. The number of aliphatic hydroxyl groups is 1. The fourth-order valence-corrected chi connectivity index (χ4v) is 3.40. The smallest absolute Gasteiger partial charge is 0.413 e. The molecule has 1 aliphatic rings. The third kappa shape index (κ3) is 2.74. The lowest BCUT2D eigenvalue weighted by molar-refractivity contribution is -0.112. The average Bonchev–Trinajstić information content (AvgIpc) is 2.96. The Kier molecular flexibility index (Phi) is 4.19. The highest BCUT2D eigenvalue weighted by Crippen LogP contribution is 2.47. The second kappa shape index (κ2) is 6.65. The quantitative estimate of drug-likeness (QED) is 0.770. The van der Waals surface area contributed by atoms with Crippen LogP contribution in [0.1, 0.15) is 22.8 Å². The van der Waals surface area contributed by atoms with Crippen LogP contribution in [0.5, 0.6) is 0 Å². The molecular weight excluding hydrogens is 326 g/mol. The molecule has 1 N–H and O–H groups in total. The van der Waals surface area contributed by atoms with E-state index in [2.05, 4.69) is 0 Å². The number of rotatable bonds is 4. The van der Waals surface area contributed by atoms with Crippen LogP contribution >= 0.6 is 0 Å². The van der Waals surface area contributed by atoms with Gasteiger partial charge in [0.2, 0.25) is 5.72 Å². The van der Waals surface area contributed by atoms with Crippen LogP contribution in [0.15, 0.2) is 91.0 Å². The molecule has 26 heavy (non-hydrogen) atoms. The molecule has 0 bridgehead atoms.